The van der Waals surface area contributed by atoms with E-state index in [4.69, 9.17) is 4.74 Å². The molecule has 0 bridgehead atoms. The van der Waals surface area contributed by atoms with Crippen LogP contribution in [0.2, 0.25) is 0 Å². The Labute approximate surface area is 299 Å². The van der Waals surface area contributed by atoms with E-state index in [-0.39, 0.29) is 41.3 Å². The number of hydrogen-bond donors (Lipinski definition) is 2. The number of piperidine rings is 1. The zero-order chi connectivity index (χ0) is 35.6. The third-order valence-corrected chi connectivity index (χ3v) is 16.9. The predicted octanol–water partition coefficient (Wildman–Crippen LogP) is 9.27. The molecular formula is C43H72N2O4. The summed E-state index contributed by atoms with van der Waals surface area (Å²) in [6, 6.07) is 0. The zero-order valence-corrected chi connectivity index (χ0v) is 32.7. The third-order valence-electron chi connectivity index (χ3n) is 16.9. The van der Waals surface area contributed by atoms with Crippen molar-refractivity contribution in [2.45, 2.75) is 163 Å². The van der Waals surface area contributed by atoms with Gasteiger partial charge in [-0.05, 0) is 148 Å². The lowest BCUT2D eigenvalue weighted by atomic mass is 9.32. The molecule has 49 heavy (non-hydrogen) atoms. The highest BCUT2D eigenvalue weighted by Gasteiger charge is 2.71. The molecule has 0 spiro atoms. The Morgan fingerprint density at radius 2 is 1.57 bits per heavy atom. The third kappa shape index (κ3) is 6.37. The van der Waals surface area contributed by atoms with Crippen LogP contribution >= 0.6 is 0 Å². The first kappa shape index (κ1) is 37.4. The number of ether oxygens (including phenoxy) is 1. The molecule has 6 rings (SSSR count). The average Bonchev–Trinajstić information content (AvgIpc) is 3.39. The molecule has 5 aliphatic carbocycles. The second kappa shape index (κ2) is 13.2. The van der Waals surface area contributed by atoms with E-state index in [0.29, 0.717) is 34.5 Å². The standard InChI is InChI=1S/C43H72N2O4/c1-29(2)30-15-20-43(44-23-26-45-24-11-10-12-25-45)22-21-41(8)31(37(30)43)13-14-33-40(7)18-17-34(39(5,6)32(40)16-19-42(33,41)9)49-36(48)28-38(3,4)27-35(46)47/h30-34,37,44H,1,10-28H2,2-9H3,(H,46,47)/t30-,31+,32-,33+,34-,37+,40-,41+,42+,43-/m0/s1. The van der Waals surface area contributed by atoms with Gasteiger partial charge in [0, 0.05) is 24.0 Å². The van der Waals surface area contributed by atoms with Gasteiger partial charge in [-0.1, -0.05) is 67.0 Å². The van der Waals surface area contributed by atoms with Gasteiger partial charge in [0.25, 0.3) is 0 Å². The molecular weight excluding hydrogens is 608 g/mol. The Kier molecular flexibility index (Phi) is 10.1. The van der Waals surface area contributed by atoms with Gasteiger partial charge in [0.2, 0.25) is 0 Å². The molecule has 1 aliphatic heterocycles. The number of nitrogens with zero attached hydrogens (tertiary/aromatic N) is 1. The summed E-state index contributed by atoms with van der Waals surface area (Å²) in [4.78, 5) is 27.3. The predicted molar refractivity (Wildman–Crippen MR) is 198 cm³/mol. The van der Waals surface area contributed by atoms with E-state index < -0.39 is 11.4 Å². The minimum Gasteiger partial charge on any atom is -0.481 e. The van der Waals surface area contributed by atoms with Gasteiger partial charge in [-0.3, -0.25) is 9.59 Å². The first-order chi connectivity index (χ1) is 22.9. The quantitative estimate of drug-likeness (QED) is 0.177. The number of aliphatic carboxylic acids is 1. The van der Waals surface area contributed by atoms with E-state index >= 15 is 0 Å². The van der Waals surface area contributed by atoms with Gasteiger partial charge in [-0.2, -0.15) is 0 Å². The van der Waals surface area contributed by atoms with Crippen molar-refractivity contribution in [2.24, 2.45) is 56.7 Å². The molecule has 6 heteroatoms. The van der Waals surface area contributed by atoms with E-state index in [1.807, 2.05) is 13.8 Å². The largest absolute Gasteiger partial charge is 0.481 e. The van der Waals surface area contributed by atoms with E-state index in [2.05, 4.69) is 58.3 Å². The Balaban J connectivity index is 1.20. The van der Waals surface area contributed by atoms with Crippen molar-refractivity contribution in [2.75, 3.05) is 26.2 Å². The summed E-state index contributed by atoms with van der Waals surface area (Å²) in [5.41, 5.74) is 1.78. The number of carbonyl (C=O) groups is 2. The minimum atomic E-state index is -0.865. The zero-order valence-electron chi connectivity index (χ0n) is 32.7. The second-order valence-corrected chi connectivity index (χ2v) is 20.4. The van der Waals surface area contributed by atoms with Crippen LogP contribution in [0.4, 0.5) is 0 Å². The van der Waals surface area contributed by atoms with Crippen LogP contribution in [0.3, 0.4) is 0 Å². The molecule has 278 valence electrons. The van der Waals surface area contributed by atoms with Crippen LogP contribution in [0.15, 0.2) is 12.2 Å². The molecule has 1 saturated heterocycles. The van der Waals surface area contributed by atoms with Gasteiger partial charge in [0.1, 0.15) is 6.10 Å². The van der Waals surface area contributed by atoms with Crippen molar-refractivity contribution in [3.63, 3.8) is 0 Å². The lowest BCUT2D eigenvalue weighted by Gasteiger charge is -2.73. The van der Waals surface area contributed by atoms with Crippen LogP contribution in [0.25, 0.3) is 0 Å². The van der Waals surface area contributed by atoms with Crippen LogP contribution in [-0.2, 0) is 14.3 Å². The summed E-state index contributed by atoms with van der Waals surface area (Å²) in [6.07, 6.45) is 16.5. The summed E-state index contributed by atoms with van der Waals surface area (Å²) >= 11 is 0. The topological polar surface area (TPSA) is 78.9 Å². The fraction of sp³-hybridized carbons (Fsp3) is 0.907. The number of hydrogen-bond acceptors (Lipinski definition) is 5. The molecule has 0 amide bonds. The first-order valence-corrected chi connectivity index (χ1v) is 20.4. The van der Waals surface area contributed by atoms with E-state index in [1.54, 1.807) is 0 Å². The normalized spacial score (nSPS) is 43.4. The number of carbonyl (C=O) groups excluding carboxylic acids is 1. The minimum absolute atomic E-state index is 0.0271. The van der Waals surface area contributed by atoms with Crippen molar-refractivity contribution in [3.05, 3.63) is 12.2 Å². The second-order valence-electron chi connectivity index (χ2n) is 20.4. The van der Waals surface area contributed by atoms with Crippen LogP contribution in [0.5, 0.6) is 0 Å². The van der Waals surface area contributed by atoms with Crippen molar-refractivity contribution in [1.82, 2.24) is 10.2 Å². The van der Waals surface area contributed by atoms with E-state index in [0.717, 1.165) is 25.3 Å². The maximum absolute atomic E-state index is 13.2. The molecule has 6 aliphatic rings. The Morgan fingerprint density at radius 1 is 0.857 bits per heavy atom. The maximum Gasteiger partial charge on any atom is 0.306 e. The Hall–Kier alpha value is -1.40. The molecule has 0 aromatic heterocycles. The maximum atomic E-state index is 13.2. The molecule has 1 heterocycles. The van der Waals surface area contributed by atoms with Crippen molar-refractivity contribution >= 4 is 11.9 Å². The summed E-state index contributed by atoms with van der Waals surface area (Å²) in [7, 11) is 0. The fourth-order valence-corrected chi connectivity index (χ4v) is 14.3. The van der Waals surface area contributed by atoms with Crippen molar-refractivity contribution < 1.29 is 19.4 Å². The van der Waals surface area contributed by atoms with E-state index in [9.17, 15) is 14.7 Å². The van der Waals surface area contributed by atoms with Gasteiger partial charge >= 0.3 is 11.9 Å². The number of nitrogens with one attached hydrogen (secondary N) is 1. The summed E-state index contributed by atoms with van der Waals surface area (Å²) < 4.78 is 6.30. The molecule has 5 saturated carbocycles. The summed E-state index contributed by atoms with van der Waals surface area (Å²) in [5, 5.41) is 13.7. The lowest BCUT2D eigenvalue weighted by molar-refractivity contribution is -0.246. The summed E-state index contributed by atoms with van der Waals surface area (Å²) in [6.45, 7) is 28.3. The first-order valence-electron chi connectivity index (χ1n) is 20.4. The molecule has 0 radical (unpaired) electrons. The van der Waals surface area contributed by atoms with Crippen LogP contribution in [-0.4, -0.2) is 59.8 Å². The van der Waals surface area contributed by atoms with Gasteiger partial charge in [0.05, 0.1) is 12.8 Å². The molecule has 0 aromatic carbocycles. The van der Waals surface area contributed by atoms with Gasteiger partial charge in [0.15, 0.2) is 0 Å². The highest BCUT2D eigenvalue weighted by molar-refractivity contribution is 5.73. The van der Waals surface area contributed by atoms with Crippen LogP contribution in [0, 0.1) is 56.7 Å². The van der Waals surface area contributed by atoms with Crippen molar-refractivity contribution in [1.29, 1.82) is 0 Å². The molecule has 0 aromatic rings. The summed E-state index contributed by atoms with van der Waals surface area (Å²) in [5.74, 6) is 2.12. The molecule has 2 N–H and O–H groups in total. The van der Waals surface area contributed by atoms with Crippen LogP contribution < -0.4 is 5.32 Å². The number of esters is 1. The number of allylic oxidation sites excluding steroid dienone is 1. The SMILES string of the molecule is C=C(C)[C@@H]1CC[C@]2(NCCN3CCCCC3)CC[C@]3(C)[C@H](CC[C@@H]4[C@@]5(C)CC[C@H](OC(=O)CC(C)(C)CC(=O)O)C(C)(C)[C@@H]5CC[C@]43C)[C@@H]12. The van der Waals surface area contributed by atoms with Crippen LogP contribution in [0.1, 0.15) is 152 Å². The van der Waals surface area contributed by atoms with Gasteiger partial charge in [-0.15, -0.1) is 0 Å². The smallest absolute Gasteiger partial charge is 0.306 e. The molecule has 6 fully saturated rings. The lowest BCUT2D eigenvalue weighted by Crippen LogP contribution is -2.69. The fourth-order valence-electron chi connectivity index (χ4n) is 14.3. The van der Waals surface area contributed by atoms with Gasteiger partial charge in [-0.25, -0.2) is 0 Å². The molecule has 10 atom stereocenters. The highest BCUT2D eigenvalue weighted by Crippen LogP contribution is 2.76. The Bertz CT molecular complexity index is 1270. The van der Waals surface area contributed by atoms with E-state index in [1.165, 1.54) is 95.8 Å². The highest BCUT2D eigenvalue weighted by atomic mass is 16.5. The Morgan fingerprint density at radius 3 is 2.24 bits per heavy atom. The number of rotatable bonds is 10. The molecule has 0 unspecified atom stereocenters. The average molecular weight is 681 g/mol. The monoisotopic (exact) mass is 681 g/mol. The van der Waals surface area contributed by atoms with Crippen molar-refractivity contribution in [3.8, 4) is 0 Å². The number of carboxylic acids is 1. The van der Waals surface area contributed by atoms with Gasteiger partial charge < -0.3 is 20.1 Å². The number of likely N-dealkylation sites (tertiary alicyclic amines) is 1. The number of fused-ring (bicyclic) bond motifs is 7. The number of carboxylic acid groups (broad SMARTS) is 1. The molecule has 6 nitrogen and oxygen atoms in total.